The van der Waals surface area contributed by atoms with Crippen molar-refractivity contribution in [3.05, 3.63) is 41.6 Å². The van der Waals surface area contributed by atoms with Crippen LogP contribution in [0.15, 0.2) is 30.7 Å². The molecule has 1 aromatic heterocycles. The van der Waals surface area contributed by atoms with Gasteiger partial charge in [-0.2, -0.15) is 0 Å². The second-order valence-electron chi connectivity index (χ2n) is 7.46. The van der Waals surface area contributed by atoms with E-state index in [0.29, 0.717) is 43.4 Å². The molecule has 1 fully saturated rings. The Labute approximate surface area is 168 Å². The van der Waals surface area contributed by atoms with Crippen LogP contribution < -0.4 is 10.2 Å². The number of benzene rings is 1. The van der Waals surface area contributed by atoms with Gasteiger partial charge in [-0.3, -0.25) is 0 Å². The predicted molar refractivity (Wildman–Crippen MR) is 107 cm³/mol. The smallest absolute Gasteiger partial charge is 0.410 e. The number of ether oxygens (including phenoxy) is 1. The van der Waals surface area contributed by atoms with Crippen LogP contribution in [0.3, 0.4) is 0 Å². The van der Waals surface area contributed by atoms with Crippen molar-refractivity contribution in [3.63, 3.8) is 0 Å². The van der Waals surface area contributed by atoms with E-state index in [1.807, 2.05) is 20.8 Å². The van der Waals surface area contributed by atoms with Crippen molar-refractivity contribution in [1.29, 1.82) is 0 Å². The second-order valence-corrected chi connectivity index (χ2v) is 7.87. The molecule has 3 rings (SSSR count). The molecule has 0 spiro atoms. The Bertz CT molecular complexity index is 850. The first-order valence-electron chi connectivity index (χ1n) is 8.98. The lowest BCUT2D eigenvalue weighted by Crippen LogP contribution is -2.50. The number of aromatic nitrogens is 2. The van der Waals surface area contributed by atoms with Crippen molar-refractivity contribution in [2.24, 2.45) is 0 Å². The molecule has 150 valence electrons. The van der Waals surface area contributed by atoms with E-state index in [1.54, 1.807) is 17.2 Å². The fourth-order valence-electron chi connectivity index (χ4n) is 2.83. The molecule has 28 heavy (non-hydrogen) atoms. The molecular formula is C19H23ClFN5O2. The summed E-state index contributed by atoms with van der Waals surface area (Å²) in [6.07, 6.45) is 2.79. The molecule has 0 radical (unpaired) electrons. The van der Waals surface area contributed by atoms with E-state index in [2.05, 4.69) is 20.2 Å². The van der Waals surface area contributed by atoms with E-state index in [-0.39, 0.29) is 11.1 Å². The molecule has 1 aliphatic rings. The molecule has 0 saturated carbocycles. The van der Waals surface area contributed by atoms with Crippen LogP contribution in [0, 0.1) is 5.82 Å². The zero-order valence-electron chi connectivity index (χ0n) is 16.1. The largest absolute Gasteiger partial charge is 0.444 e. The zero-order valence-corrected chi connectivity index (χ0v) is 16.8. The Morgan fingerprint density at radius 3 is 2.57 bits per heavy atom. The highest BCUT2D eigenvalue weighted by Gasteiger charge is 2.27. The second kappa shape index (κ2) is 8.18. The highest BCUT2D eigenvalue weighted by Crippen LogP contribution is 2.30. The van der Waals surface area contributed by atoms with Gasteiger partial charge in [0.25, 0.3) is 0 Å². The van der Waals surface area contributed by atoms with Gasteiger partial charge in [0.15, 0.2) is 5.82 Å². The molecule has 1 aromatic carbocycles. The number of rotatable bonds is 3. The summed E-state index contributed by atoms with van der Waals surface area (Å²) in [4.78, 5) is 24.4. The minimum absolute atomic E-state index is 0.268. The maximum atomic E-state index is 13.3. The molecule has 2 heterocycles. The molecule has 1 aliphatic heterocycles. The SMILES string of the molecule is CC(C)(C)OC(=O)N1CCN(c2ncncc2Nc2ccc(F)cc2Cl)CC1. The van der Waals surface area contributed by atoms with Crippen LogP contribution in [0.4, 0.5) is 26.4 Å². The molecule has 9 heteroatoms. The van der Waals surface area contributed by atoms with E-state index >= 15 is 0 Å². The van der Waals surface area contributed by atoms with Gasteiger partial charge in [0.2, 0.25) is 0 Å². The fraction of sp³-hybridized carbons (Fsp3) is 0.421. The number of anilines is 3. The summed E-state index contributed by atoms with van der Waals surface area (Å²) in [7, 11) is 0. The molecule has 2 aromatic rings. The first kappa shape index (κ1) is 20.1. The van der Waals surface area contributed by atoms with Gasteiger partial charge in [-0.25, -0.2) is 19.2 Å². The summed E-state index contributed by atoms with van der Waals surface area (Å²) in [5.74, 6) is 0.289. The van der Waals surface area contributed by atoms with E-state index in [9.17, 15) is 9.18 Å². The van der Waals surface area contributed by atoms with Crippen molar-refractivity contribution in [1.82, 2.24) is 14.9 Å². The van der Waals surface area contributed by atoms with Crippen molar-refractivity contribution in [2.75, 3.05) is 36.4 Å². The number of hydrogen-bond acceptors (Lipinski definition) is 6. The highest BCUT2D eigenvalue weighted by molar-refractivity contribution is 6.33. The Morgan fingerprint density at radius 1 is 1.21 bits per heavy atom. The van der Waals surface area contributed by atoms with Crippen molar-refractivity contribution < 1.29 is 13.9 Å². The summed E-state index contributed by atoms with van der Waals surface area (Å²) < 4.78 is 18.7. The first-order chi connectivity index (χ1) is 13.2. The topological polar surface area (TPSA) is 70.6 Å². The van der Waals surface area contributed by atoms with Gasteiger partial charge in [-0.1, -0.05) is 11.6 Å². The van der Waals surface area contributed by atoms with E-state index in [1.165, 1.54) is 18.5 Å². The van der Waals surface area contributed by atoms with Crippen LogP contribution in [-0.4, -0.2) is 52.7 Å². The standard InChI is InChI=1S/C19H23ClFN5O2/c1-19(2,3)28-18(27)26-8-6-25(7-9-26)17-16(11-22-12-23-17)24-15-5-4-13(21)10-14(15)20/h4-5,10-12,24H,6-9H2,1-3H3. The highest BCUT2D eigenvalue weighted by atomic mass is 35.5. The maximum Gasteiger partial charge on any atom is 0.410 e. The van der Waals surface area contributed by atoms with Crippen LogP contribution >= 0.6 is 11.6 Å². The van der Waals surface area contributed by atoms with Gasteiger partial charge in [0.1, 0.15) is 23.4 Å². The third-order valence-electron chi connectivity index (χ3n) is 4.12. The Kier molecular flexibility index (Phi) is 5.88. The third kappa shape index (κ3) is 5.01. The Balaban J connectivity index is 1.69. The van der Waals surface area contributed by atoms with Gasteiger partial charge in [-0.15, -0.1) is 0 Å². The number of hydrogen-bond donors (Lipinski definition) is 1. The first-order valence-corrected chi connectivity index (χ1v) is 9.36. The minimum atomic E-state index is -0.521. The lowest BCUT2D eigenvalue weighted by atomic mass is 10.2. The zero-order chi connectivity index (χ0) is 20.3. The van der Waals surface area contributed by atoms with Crippen LogP contribution in [0.2, 0.25) is 5.02 Å². The van der Waals surface area contributed by atoms with Crippen LogP contribution in [0.1, 0.15) is 20.8 Å². The summed E-state index contributed by atoms with van der Waals surface area (Å²) in [5, 5.41) is 3.43. The number of carbonyl (C=O) groups is 1. The molecule has 0 atom stereocenters. The van der Waals surface area contributed by atoms with Gasteiger partial charge in [-0.05, 0) is 39.0 Å². The van der Waals surface area contributed by atoms with Crippen LogP contribution in [0.25, 0.3) is 0 Å². The molecule has 1 amide bonds. The van der Waals surface area contributed by atoms with Crippen molar-refractivity contribution in [2.45, 2.75) is 26.4 Å². The van der Waals surface area contributed by atoms with Crippen molar-refractivity contribution in [3.8, 4) is 0 Å². The number of nitrogens with zero attached hydrogens (tertiary/aromatic N) is 4. The lowest BCUT2D eigenvalue weighted by molar-refractivity contribution is 0.0240. The molecule has 1 saturated heterocycles. The normalized spacial score (nSPS) is 14.8. The number of halogens is 2. The molecular weight excluding hydrogens is 385 g/mol. The van der Waals surface area contributed by atoms with Gasteiger partial charge in [0.05, 0.1) is 16.9 Å². The van der Waals surface area contributed by atoms with Gasteiger partial charge in [0, 0.05) is 26.2 Å². The molecule has 7 nitrogen and oxygen atoms in total. The summed E-state index contributed by atoms with van der Waals surface area (Å²) in [5.41, 5.74) is 0.695. The minimum Gasteiger partial charge on any atom is -0.444 e. The molecule has 0 unspecified atom stereocenters. The van der Waals surface area contributed by atoms with Gasteiger partial charge < -0.3 is 19.9 Å². The number of piperazine rings is 1. The predicted octanol–water partition coefficient (Wildman–Crippen LogP) is 4.07. The van der Waals surface area contributed by atoms with Crippen LogP contribution in [-0.2, 0) is 4.74 Å². The van der Waals surface area contributed by atoms with Gasteiger partial charge >= 0.3 is 6.09 Å². The average Bonchev–Trinajstić information content (AvgIpc) is 2.63. The average molecular weight is 408 g/mol. The molecule has 0 bridgehead atoms. The molecule has 0 aliphatic carbocycles. The van der Waals surface area contributed by atoms with E-state index in [4.69, 9.17) is 16.3 Å². The maximum absolute atomic E-state index is 13.3. The number of carbonyl (C=O) groups excluding carboxylic acids is 1. The Morgan fingerprint density at radius 2 is 1.93 bits per heavy atom. The summed E-state index contributed by atoms with van der Waals surface area (Å²) >= 11 is 6.11. The summed E-state index contributed by atoms with van der Waals surface area (Å²) in [6.45, 7) is 7.79. The lowest BCUT2D eigenvalue weighted by Gasteiger charge is -2.36. The van der Waals surface area contributed by atoms with E-state index in [0.717, 1.165) is 0 Å². The number of nitrogens with one attached hydrogen (secondary N) is 1. The number of amides is 1. The monoisotopic (exact) mass is 407 g/mol. The third-order valence-corrected chi connectivity index (χ3v) is 4.44. The summed E-state index contributed by atoms with van der Waals surface area (Å²) in [6, 6.07) is 4.14. The van der Waals surface area contributed by atoms with E-state index < -0.39 is 11.4 Å². The van der Waals surface area contributed by atoms with Crippen LogP contribution in [0.5, 0.6) is 0 Å². The van der Waals surface area contributed by atoms with Crippen molar-refractivity contribution >= 4 is 34.9 Å². The molecule has 1 N–H and O–H groups in total. The quantitative estimate of drug-likeness (QED) is 0.827. The fourth-order valence-corrected chi connectivity index (χ4v) is 3.04. The Hall–Kier alpha value is -2.61.